The van der Waals surface area contributed by atoms with Gasteiger partial charge in [0, 0.05) is 6.07 Å². The first-order valence-electron chi connectivity index (χ1n) is 8.82. The molecule has 0 saturated carbocycles. The van der Waals surface area contributed by atoms with Gasteiger partial charge in [-0.2, -0.15) is 0 Å². The summed E-state index contributed by atoms with van der Waals surface area (Å²) >= 11 is 0. The van der Waals surface area contributed by atoms with Crippen molar-refractivity contribution in [3.8, 4) is 0 Å². The van der Waals surface area contributed by atoms with Gasteiger partial charge in [0.05, 0.1) is 17.6 Å². The predicted octanol–water partition coefficient (Wildman–Crippen LogP) is 1.61. The summed E-state index contributed by atoms with van der Waals surface area (Å²) in [5.41, 5.74) is 5.84. The molecule has 0 aliphatic rings. The van der Waals surface area contributed by atoms with Crippen LogP contribution in [0.5, 0.6) is 0 Å². The van der Waals surface area contributed by atoms with E-state index in [1.165, 1.54) is 4.57 Å². The summed E-state index contributed by atoms with van der Waals surface area (Å²) in [7, 11) is 0. The second kappa shape index (κ2) is 6.99. The van der Waals surface area contributed by atoms with Gasteiger partial charge in [0.1, 0.15) is 17.5 Å². The van der Waals surface area contributed by atoms with Crippen molar-refractivity contribution in [2.75, 3.05) is 0 Å². The molecule has 9 heteroatoms. The maximum Gasteiger partial charge on any atom is 0.337 e. The van der Waals surface area contributed by atoms with Crippen LogP contribution in [0.4, 0.5) is 4.79 Å². The van der Waals surface area contributed by atoms with Gasteiger partial charge in [-0.1, -0.05) is 38.1 Å². The van der Waals surface area contributed by atoms with Crippen LogP contribution in [-0.2, 0) is 11.3 Å². The lowest BCUT2D eigenvalue weighted by molar-refractivity contribution is -0.122. The summed E-state index contributed by atoms with van der Waals surface area (Å²) < 4.78 is 7.49. The fourth-order valence-corrected chi connectivity index (χ4v) is 3.11. The zero-order valence-corrected chi connectivity index (χ0v) is 16.2. The number of para-hydroxylation sites is 2. The maximum atomic E-state index is 13.0. The zero-order valence-electron chi connectivity index (χ0n) is 16.2. The van der Waals surface area contributed by atoms with Crippen LogP contribution in [0.25, 0.3) is 11.0 Å². The van der Waals surface area contributed by atoms with E-state index in [1.54, 1.807) is 58.0 Å². The van der Waals surface area contributed by atoms with E-state index in [0.717, 1.165) is 4.57 Å². The maximum absolute atomic E-state index is 13.0. The molecule has 0 aliphatic carbocycles. The Kier molecular flexibility index (Phi) is 4.84. The fraction of sp³-hybridized carbons (Fsp3) is 0.368. The Labute approximate surface area is 161 Å². The second-order valence-corrected chi connectivity index (χ2v) is 7.77. The molecule has 0 bridgehead atoms. The number of rotatable bonds is 4. The van der Waals surface area contributed by atoms with Crippen LogP contribution in [0.15, 0.2) is 39.6 Å². The Morgan fingerprint density at radius 1 is 1.25 bits per heavy atom. The quantitative estimate of drug-likeness (QED) is 0.706. The van der Waals surface area contributed by atoms with E-state index in [2.05, 4.69) is 10.5 Å². The summed E-state index contributed by atoms with van der Waals surface area (Å²) in [5.74, 6) is -0.0466. The zero-order chi connectivity index (χ0) is 20.6. The van der Waals surface area contributed by atoms with E-state index in [-0.39, 0.29) is 6.54 Å². The highest BCUT2D eigenvalue weighted by Gasteiger charge is 2.32. The molecule has 1 atom stereocenters. The number of amides is 2. The van der Waals surface area contributed by atoms with Crippen molar-refractivity contribution >= 4 is 23.0 Å². The highest BCUT2D eigenvalue weighted by atomic mass is 16.5. The summed E-state index contributed by atoms with van der Waals surface area (Å²) in [6.07, 6.45) is 0. The smallest absolute Gasteiger partial charge is 0.337 e. The van der Waals surface area contributed by atoms with Crippen LogP contribution in [0.2, 0.25) is 0 Å². The third-order valence-corrected chi connectivity index (χ3v) is 4.45. The number of hydrogen-bond donors (Lipinski definition) is 2. The monoisotopic (exact) mass is 385 g/mol. The molecule has 2 aromatic heterocycles. The molecule has 0 unspecified atom stereocenters. The van der Waals surface area contributed by atoms with E-state index < -0.39 is 29.1 Å². The average Bonchev–Trinajstić information content (AvgIpc) is 3.13. The van der Waals surface area contributed by atoms with Crippen molar-refractivity contribution in [3.63, 3.8) is 0 Å². The third-order valence-electron chi connectivity index (χ3n) is 4.45. The molecule has 1 aromatic carbocycles. The molecule has 9 nitrogen and oxygen atoms in total. The van der Waals surface area contributed by atoms with Crippen LogP contribution in [0.1, 0.15) is 32.2 Å². The molecule has 3 N–H and O–H groups in total. The standard InChI is InChI=1S/C19H23N5O4/c1-11-9-12(22-28-11)10-23-13-7-5-6-8-14(13)24(18(23)27)17(26)21-15(16(20)25)19(2,3)4/h5-9,15H,10H2,1-4H3,(H2,20,25)(H,21,26)/t15-/m1/s1. The van der Waals surface area contributed by atoms with Crippen LogP contribution >= 0.6 is 0 Å². The van der Waals surface area contributed by atoms with E-state index in [4.69, 9.17) is 10.3 Å². The number of nitrogens with zero attached hydrogens (tertiary/aromatic N) is 3. The van der Waals surface area contributed by atoms with Gasteiger partial charge in [-0.25, -0.2) is 14.2 Å². The third kappa shape index (κ3) is 3.55. The average molecular weight is 385 g/mol. The minimum absolute atomic E-state index is 0.148. The second-order valence-electron chi connectivity index (χ2n) is 7.77. The first-order valence-corrected chi connectivity index (χ1v) is 8.82. The number of aromatic nitrogens is 3. The normalized spacial score (nSPS) is 12.9. The Morgan fingerprint density at radius 2 is 1.89 bits per heavy atom. The lowest BCUT2D eigenvalue weighted by atomic mass is 9.86. The number of fused-ring (bicyclic) bond motifs is 1. The lowest BCUT2D eigenvalue weighted by Crippen LogP contribution is -2.54. The molecule has 0 aliphatic heterocycles. The van der Waals surface area contributed by atoms with Crippen LogP contribution in [0, 0.1) is 12.3 Å². The Morgan fingerprint density at radius 3 is 2.43 bits per heavy atom. The Bertz CT molecular complexity index is 1100. The number of benzene rings is 1. The number of primary amides is 1. The van der Waals surface area contributed by atoms with Gasteiger partial charge in [-0.05, 0) is 24.5 Å². The lowest BCUT2D eigenvalue weighted by Gasteiger charge is -2.28. The number of carbonyl (C=O) groups excluding carboxylic acids is 2. The highest BCUT2D eigenvalue weighted by Crippen LogP contribution is 2.20. The topological polar surface area (TPSA) is 125 Å². The van der Waals surface area contributed by atoms with Crippen molar-refractivity contribution in [3.05, 3.63) is 52.3 Å². The van der Waals surface area contributed by atoms with Crippen LogP contribution in [-0.4, -0.2) is 32.3 Å². The largest absolute Gasteiger partial charge is 0.368 e. The number of hydrogen-bond acceptors (Lipinski definition) is 5. The SMILES string of the molecule is Cc1cc(Cn2c(=O)n(C(=O)N[C@H](C(N)=O)C(C)(C)C)c3ccccc32)no1. The number of nitrogens with one attached hydrogen (secondary N) is 1. The van der Waals surface area contributed by atoms with Crippen LogP contribution in [0.3, 0.4) is 0 Å². The first-order chi connectivity index (χ1) is 13.1. The van der Waals surface area contributed by atoms with Gasteiger partial charge in [-0.15, -0.1) is 0 Å². The molecule has 3 rings (SSSR count). The van der Waals surface area contributed by atoms with E-state index in [9.17, 15) is 14.4 Å². The van der Waals surface area contributed by atoms with Gasteiger partial charge in [0.15, 0.2) is 0 Å². The highest BCUT2D eigenvalue weighted by molar-refractivity contribution is 5.92. The molecular weight excluding hydrogens is 362 g/mol. The Balaban J connectivity index is 2.06. The van der Waals surface area contributed by atoms with E-state index in [1.807, 2.05) is 0 Å². The molecule has 28 heavy (non-hydrogen) atoms. The number of nitrogens with two attached hydrogens (primary N) is 1. The summed E-state index contributed by atoms with van der Waals surface area (Å²) in [4.78, 5) is 37.7. The van der Waals surface area contributed by atoms with Crippen molar-refractivity contribution in [1.82, 2.24) is 19.6 Å². The number of aryl methyl sites for hydroxylation is 1. The van der Waals surface area contributed by atoms with Gasteiger partial charge < -0.3 is 15.6 Å². The molecule has 2 amide bonds. The minimum Gasteiger partial charge on any atom is -0.368 e. The summed E-state index contributed by atoms with van der Waals surface area (Å²) in [6.45, 7) is 7.24. The van der Waals surface area contributed by atoms with Crippen molar-refractivity contribution in [1.29, 1.82) is 0 Å². The molecule has 148 valence electrons. The fourth-order valence-electron chi connectivity index (χ4n) is 3.11. The number of carbonyl (C=O) groups is 2. The van der Waals surface area contributed by atoms with Gasteiger partial charge in [0.2, 0.25) is 5.91 Å². The minimum atomic E-state index is -0.938. The van der Waals surface area contributed by atoms with Gasteiger partial charge in [0.25, 0.3) is 0 Å². The van der Waals surface area contributed by atoms with Crippen molar-refractivity contribution in [2.45, 2.75) is 40.3 Å². The molecule has 0 fully saturated rings. The van der Waals surface area contributed by atoms with Crippen LogP contribution < -0.4 is 16.7 Å². The molecule has 0 spiro atoms. The summed E-state index contributed by atoms with van der Waals surface area (Å²) in [5, 5.41) is 6.50. The first kappa shape index (κ1) is 19.4. The molecular formula is C19H23N5O4. The number of imidazole rings is 1. The van der Waals surface area contributed by atoms with Gasteiger partial charge in [-0.3, -0.25) is 9.36 Å². The van der Waals surface area contributed by atoms with Crippen molar-refractivity contribution < 1.29 is 14.1 Å². The molecule has 3 aromatic rings. The molecule has 0 radical (unpaired) electrons. The van der Waals surface area contributed by atoms with E-state index in [0.29, 0.717) is 22.5 Å². The Hall–Kier alpha value is -3.36. The molecule has 2 heterocycles. The predicted molar refractivity (Wildman–Crippen MR) is 103 cm³/mol. The van der Waals surface area contributed by atoms with Crippen molar-refractivity contribution in [2.24, 2.45) is 11.1 Å². The molecule has 0 saturated heterocycles. The van der Waals surface area contributed by atoms with Gasteiger partial charge >= 0.3 is 11.7 Å². The summed E-state index contributed by atoms with van der Waals surface area (Å²) in [6, 6.07) is 6.98. The van der Waals surface area contributed by atoms with E-state index >= 15 is 0 Å².